The molecule has 11 nitrogen and oxygen atoms in total. The number of piperazine rings is 1. The molecule has 5 rings (SSSR count). The van der Waals surface area contributed by atoms with E-state index in [0.29, 0.717) is 55.6 Å². The van der Waals surface area contributed by atoms with Crippen molar-refractivity contribution in [3.05, 3.63) is 41.6 Å². The number of amides is 2. The van der Waals surface area contributed by atoms with E-state index in [2.05, 4.69) is 31.2 Å². The van der Waals surface area contributed by atoms with E-state index in [1.807, 2.05) is 11.8 Å². The van der Waals surface area contributed by atoms with Crippen molar-refractivity contribution >= 4 is 18.2 Å². The molecule has 192 valence electrons. The highest BCUT2D eigenvalue weighted by Gasteiger charge is 2.40. The lowest BCUT2D eigenvalue weighted by Gasteiger charge is -2.39. The van der Waals surface area contributed by atoms with Gasteiger partial charge in [0.1, 0.15) is 11.5 Å². The molecule has 37 heavy (non-hydrogen) atoms. The van der Waals surface area contributed by atoms with Gasteiger partial charge in [-0.1, -0.05) is 6.92 Å². The molecule has 0 bridgehead atoms. The summed E-state index contributed by atoms with van der Waals surface area (Å²) in [4.78, 5) is 30.2. The van der Waals surface area contributed by atoms with Gasteiger partial charge in [0.05, 0.1) is 12.1 Å². The van der Waals surface area contributed by atoms with Crippen molar-refractivity contribution < 1.29 is 13.6 Å². The summed E-state index contributed by atoms with van der Waals surface area (Å²) in [5.41, 5.74) is 0.891. The number of hydrogen-bond acceptors (Lipinski definition) is 8. The highest BCUT2D eigenvalue weighted by molar-refractivity contribution is 5.78. The zero-order chi connectivity index (χ0) is 26.1. The lowest BCUT2D eigenvalue weighted by Crippen LogP contribution is -2.54. The normalized spacial score (nSPS) is 23.6. The minimum atomic E-state index is -0.759. The predicted molar refractivity (Wildman–Crippen MR) is 130 cm³/mol. The van der Waals surface area contributed by atoms with E-state index in [4.69, 9.17) is 0 Å². The van der Waals surface area contributed by atoms with Crippen molar-refractivity contribution in [1.29, 1.82) is 5.26 Å². The van der Waals surface area contributed by atoms with Crippen LogP contribution in [-0.4, -0.2) is 79.1 Å². The van der Waals surface area contributed by atoms with E-state index < -0.39 is 12.5 Å². The first kappa shape index (κ1) is 24.5. The molecule has 2 amide bonds. The fraction of sp³-hybridized carbons (Fsp3) is 0.458. The van der Waals surface area contributed by atoms with Gasteiger partial charge in [-0.2, -0.15) is 15.5 Å². The maximum absolute atomic E-state index is 14.2. The number of hydrogen-bond donors (Lipinski definition) is 0. The van der Waals surface area contributed by atoms with Crippen LogP contribution < -0.4 is 4.90 Å². The van der Waals surface area contributed by atoms with Crippen LogP contribution in [0.3, 0.4) is 0 Å². The molecule has 3 atom stereocenters. The number of alkyl halides is 1. The molecule has 0 spiro atoms. The molecule has 2 aliphatic heterocycles. The van der Waals surface area contributed by atoms with Gasteiger partial charge in [-0.05, 0) is 24.1 Å². The van der Waals surface area contributed by atoms with Gasteiger partial charge in [0.2, 0.25) is 5.95 Å². The molecule has 2 aromatic rings. The van der Waals surface area contributed by atoms with Crippen molar-refractivity contribution in [2.24, 2.45) is 24.0 Å². The quantitative estimate of drug-likeness (QED) is 0.623. The van der Waals surface area contributed by atoms with Gasteiger partial charge in [0.25, 0.3) is 0 Å². The van der Waals surface area contributed by atoms with E-state index in [1.54, 1.807) is 30.4 Å². The molecule has 1 fully saturated rings. The van der Waals surface area contributed by atoms with Gasteiger partial charge in [0.15, 0.2) is 18.3 Å². The molecule has 4 heterocycles. The van der Waals surface area contributed by atoms with Gasteiger partial charge in [-0.15, -0.1) is 0 Å². The number of urea groups is 1. The first-order chi connectivity index (χ1) is 17.9. The molecule has 0 saturated carbocycles. The van der Waals surface area contributed by atoms with E-state index in [1.165, 1.54) is 21.8 Å². The van der Waals surface area contributed by atoms with Crippen molar-refractivity contribution in [2.75, 3.05) is 31.1 Å². The third-order valence-corrected chi connectivity index (χ3v) is 6.98. The monoisotopic (exact) mass is 508 g/mol. The van der Waals surface area contributed by atoms with Crippen LogP contribution in [0.1, 0.15) is 19.2 Å². The number of carbonyl (C=O) groups is 1. The van der Waals surface area contributed by atoms with Crippen molar-refractivity contribution in [3.63, 3.8) is 0 Å². The first-order valence-electron chi connectivity index (χ1n) is 12.0. The summed E-state index contributed by atoms with van der Waals surface area (Å²) in [6.07, 6.45) is 6.52. The summed E-state index contributed by atoms with van der Waals surface area (Å²) in [5.74, 6) is -0.00560. The molecule has 1 aliphatic carbocycles. The zero-order valence-electron chi connectivity index (χ0n) is 20.5. The van der Waals surface area contributed by atoms with Crippen molar-refractivity contribution in [3.8, 4) is 17.6 Å². The van der Waals surface area contributed by atoms with E-state index in [0.717, 1.165) is 0 Å². The Bertz CT molecular complexity index is 1320. The largest absolute Gasteiger partial charge is 0.340 e. The van der Waals surface area contributed by atoms with Gasteiger partial charge in [-0.25, -0.2) is 38.2 Å². The number of nitrogens with zero attached hydrogens (tertiary/aromatic N) is 10. The fourth-order valence-corrected chi connectivity index (χ4v) is 4.97. The number of allylic oxidation sites excluding steroid dienone is 3. The Morgan fingerprint density at radius 2 is 2.03 bits per heavy atom. The predicted octanol–water partition coefficient (Wildman–Crippen LogP) is 2.61. The van der Waals surface area contributed by atoms with Crippen molar-refractivity contribution in [2.45, 2.75) is 26.1 Å². The third kappa shape index (κ3) is 4.66. The van der Waals surface area contributed by atoms with Gasteiger partial charge >= 0.3 is 6.03 Å². The Balaban J connectivity index is 1.25. The number of halogens is 2. The number of aromatic nitrogens is 5. The number of hydrazone groups is 1. The highest BCUT2D eigenvalue weighted by Crippen LogP contribution is 2.36. The van der Waals surface area contributed by atoms with E-state index in [9.17, 15) is 18.8 Å². The average molecular weight is 509 g/mol. The molecular formula is C24H26F2N10O. The number of rotatable bonds is 4. The lowest BCUT2D eigenvalue weighted by molar-refractivity contribution is 0.122. The molecule has 2 aromatic heterocycles. The summed E-state index contributed by atoms with van der Waals surface area (Å²) in [7, 11) is 1.68. The molecular weight excluding hydrogens is 482 g/mol. The van der Waals surface area contributed by atoms with Gasteiger partial charge in [0, 0.05) is 63.5 Å². The number of nitriles is 1. The fourth-order valence-electron chi connectivity index (χ4n) is 4.97. The average Bonchev–Trinajstić information content (AvgIpc) is 3.56. The molecule has 13 heteroatoms. The summed E-state index contributed by atoms with van der Waals surface area (Å²) < 4.78 is 28.6. The minimum Gasteiger partial charge on any atom is -0.337 e. The van der Waals surface area contributed by atoms with Crippen LogP contribution in [-0.2, 0) is 13.7 Å². The van der Waals surface area contributed by atoms with Crippen LogP contribution in [0.15, 0.2) is 40.9 Å². The number of aryl methyl sites for hydroxylation is 1. The second kappa shape index (κ2) is 10.0. The maximum atomic E-state index is 14.2. The number of anilines is 1. The smallest absolute Gasteiger partial charge is 0.337 e. The van der Waals surface area contributed by atoms with Gasteiger partial charge in [-0.3, -0.25) is 0 Å². The van der Waals surface area contributed by atoms with Crippen LogP contribution in [0.2, 0.25) is 0 Å². The molecule has 0 N–H and O–H groups in total. The second-order valence-corrected chi connectivity index (χ2v) is 9.18. The Labute approximate surface area is 212 Å². The highest BCUT2D eigenvalue weighted by atomic mass is 19.1. The van der Waals surface area contributed by atoms with E-state index >= 15 is 0 Å². The standard InChI is InChI=1S/C24H26F2N10O/c1-15-16(14-27)11-17(26)12-18(15)20-4-6-29-36(20)24(37)35-9-7-34(8-10-35)23-28-5-3-19(30-23)22-31-21(13-25)32-33(22)2/h3,5-6,11-12,15,18,20H,4,7-10,13H2,1-2H3/t15?,18?,20-/m0/s1. The Morgan fingerprint density at radius 1 is 1.24 bits per heavy atom. The SMILES string of the molecule is CC1C(C#N)=CC(F)=CC1[C@@H]1CC=NN1C(=O)N1CCN(c2nccc(-c3nc(CF)nn3C)n2)CC1. The topological polar surface area (TPSA) is 119 Å². The lowest BCUT2D eigenvalue weighted by atomic mass is 9.78. The summed E-state index contributed by atoms with van der Waals surface area (Å²) in [5, 5.41) is 19.1. The van der Waals surface area contributed by atoms with E-state index in [-0.39, 0.29) is 29.7 Å². The zero-order valence-corrected chi connectivity index (χ0v) is 20.5. The molecule has 0 radical (unpaired) electrons. The van der Waals surface area contributed by atoms with Crippen molar-refractivity contribution in [1.82, 2.24) is 34.6 Å². The second-order valence-electron chi connectivity index (χ2n) is 9.18. The third-order valence-electron chi connectivity index (χ3n) is 6.98. The molecule has 1 saturated heterocycles. The molecule has 2 unspecified atom stereocenters. The maximum Gasteiger partial charge on any atom is 0.340 e. The molecule has 3 aliphatic rings. The van der Waals surface area contributed by atoms with Crippen LogP contribution in [0.25, 0.3) is 11.5 Å². The summed E-state index contributed by atoms with van der Waals surface area (Å²) >= 11 is 0. The Hall–Kier alpha value is -4.21. The summed E-state index contributed by atoms with van der Waals surface area (Å²) in [6, 6.07) is 3.15. The van der Waals surface area contributed by atoms with Crippen LogP contribution in [0, 0.1) is 23.2 Å². The van der Waals surface area contributed by atoms with Crippen LogP contribution in [0.4, 0.5) is 19.5 Å². The first-order valence-corrected chi connectivity index (χ1v) is 12.0. The van der Waals surface area contributed by atoms with Gasteiger partial charge < -0.3 is 9.80 Å². The molecule has 0 aromatic carbocycles. The Morgan fingerprint density at radius 3 is 2.73 bits per heavy atom. The number of carbonyl (C=O) groups excluding carboxylic acids is 1. The summed E-state index contributed by atoms with van der Waals surface area (Å²) in [6.45, 7) is 2.97. The van der Waals surface area contributed by atoms with Crippen LogP contribution >= 0.6 is 0 Å². The van der Waals surface area contributed by atoms with Crippen LogP contribution in [0.5, 0.6) is 0 Å². The Kier molecular flexibility index (Phi) is 6.64. The minimum absolute atomic E-state index is 0.0911.